The van der Waals surface area contributed by atoms with Crippen molar-refractivity contribution < 1.29 is 28.6 Å². The molecule has 0 bridgehead atoms. The average molecular weight is 434 g/mol. The lowest BCUT2D eigenvalue weighted by atomic mass is 10.1. The first-order valence-electron chi connectivity index (χ1n) is 9.47. The van der Waals surface area contributed by atoms with E-state index in [9.17, 15) is 14.4 Å². The maximum Gasteiger partial charge on any atom is 0.356 e. The minimum absolute atomic E-state index is 0.181. The van der Waals surface area contributed by atoms with Gasteiger partial charge < -0.3 is 18.6 Å². The van der Waals surface area contributed by atoms with Crippen LogP contribution in [-0.4, -0.2) is 41.6 Å². The van der Waals surface area contributed by atoms with Crippen molar-refractivity contribution in [2.45, 2.75) is 52.0 Å². The van der Waals surface area contributed by atoms with E-state index in [2.05, 4.69) is 4.74 Å². The molecule has 0 unspecified atom stereocenters. The molecule has 30 heavy (non-hydrogen) atoms. The summed E-state index contributed by atoms with van der Waals surface area (Å²) in [6.45, 7) is 11.0. The van der Waals surface area contributed by atoms with E-state index in [4.69, 9.17) is 9.47 Å². The monoisotopic (exact) mass is 433 g/mol. The van der Waals surface area contributed by atoms with Gasteiger partial charge in [-0.2, -0.15) is 0 Å². The molecule has 0 radical (unpaired) electrons. The van der Waals surface area contributed by atoms with Crippen LogP contribution in [-0.2, 0) is 19.0 Å². The van der Waals surface area contributed by atoms with Crippen LogP contribution >= 0.6 is 11.8 Å². The zero-order valence-corrected chi connectivity index (χ0v) is 19.1. The summed E-state index contributed by atoms with van der Waals surface area (Å²) in [5, 5.41) is 1.47. The lowest BCUT2D eigenvalue weighted by Crippen LogP contribution is -2.24. The lowest BCUT2D eigenvalue weighted by Gasteiger charge is -2.20. The molecule has 0 aliphatic carbocycles. The summed E-state index contributed by atoms with van der Waals surface area (Å²) in [7, 11) is 1.27. The van der Waals surface area contributed by atoms with Gasteiger partial charge in [-0.05, 0) is 58.1 Å². The average Bonchev–Trinajstić information content (AvgIpc) is 2.94. The maximum absolute atomic E-state index is 13.2. The van der Waals surface area contributed by atoms with Crippen molar-refractivity contribution in [2.24, 2.45) is 0 Å². The van der Waals surface area contributed by atoms with Gasteiger partial charge in [-0.25, -0.2) is 14.4 Å². The Morgan fingerprint density at radius 1 is 1.17 bits per heavy atom. The van der Waals surface area contributed by atoms with Crippen molar-refractivity contribution in [3.8, 4) is 0 Å². The normalized spacial score (nSPS) is 11.7. The fourth-order valence-corrected chi connectivity index (χ4v) is 3.89. The molecular formula is C22H27NO6S. The molecule has 0 saturated heterocycles. The number of hydrogen-bond donors (Lipinski definition) is 0. The van der Waals surface area contributed by atoms with Gasteiger partial charge in [0, 0.05) is 12.3 Å². The Morgan fingerprint density at radius 2 is 1.83 bits per heavy atom. The van der Waals surface area contributed by atoms with E-state index in [1.165, 1.54) is 18.6 Å². The minimum Gasteiger partial charge on any atom is -0.466 e. The first kappa shape index (κ1) is 23.5. The molecule has 0 spiro atoms. The van der Waals surface area contributed by atoms with Crippen molar-refractivity contribution >= 4 is 35.2 Å². The standard InChI is InChI=1S/C22H27NO6S/c1-8-28-21(26)18-19(30-10-9-15(24)27-7)16(20(25)29-22(4,5)6)17-14(3)11-13(2)12-23(17)18/h9-12H,8H2,1-7H3/b10-9+. The van der Waals surface area contributed by atoms with Crippen molar-refractivity contribution in [3.63, 3.8) is 0 Å². The molecule has 7 nitrogen and oxygen atoms in total. The van der Waals surface area contributed by atoms with Crippen molar-refractivity contribution in [2.75, 3.05) is 13.7 Å². The topological polar surface area (TPSA) is 83.3 Å². The van der Waals surface area contributed by atoms with E-state index in [-0.39, 0.29) is 17.9 Å². The molecule has 2 rings (SSSR count). The van der Waals surface area contributed by atoms with Crippen molar-refractivity contribution in [1.82, 2.24) is 4.40 Å². The Balaban J connectivity index is 2.83. The number of fused-ring (bicyclic) bond motifs is 1. The van der Waals surface area contributed by atoms with Crippen LogP contribution in [0.3, 0.4) is 0 Å². The Bertz CT molecular complexity index is 1010. The highest BCUT2D eigenvalue weighted by Crippen LogP contribution is 2.37. The van der Waals surface area contributed by atoms with Crippen LogP contribution in [0.5, 0.6) is 0 Å². The van der Waals surface area contributed by atoms with Crippen LogP contribution in [0.15, 0.2) is 28.6 Å². The number of rotatable bonds is 6. The highest BCUT2D eigenvalue weighted by Gasteiger charge is 2.31. The number of ether oxygens (including phenoxy) is 3. The number of methoxy groups -OCH3 is 1. The Morgan fingerprint density at radius 3 is 2.40 bits per heavy atom. The van der Waals surface area contributed by atoms with E-state index in [1.807, 2.05) is 19.9 Å². The SMILES string of the molecule is CCOC(=O)c1c(S/C=C/C(=O)OC)c(C(=O)OC(C)(C)C)c2c(C)cc(C)cn12. The van der Waals surface area contributed by atoms with Crippen LogP contribution in [0.25, 0.3) is 5.52 Å². The Labute approximate surface area is 180 Å². The molecule has 0 aliphatic heterocycles. The second-order valence-electron chi connectivity index (χ2n) is 7.64. The van der Waals surface area contributed by atoms with Gasteiger partial charge in [0.15, 0.2) is 0 Å². The van der Waals surface area contributed by atoms with Crippen molar-refractivity contribution in [1.29, 1.82) is 0 Å². The van der Waals surface area contributed by atoms with Gasteiger partial charge in [0.1, 0.15) is 16.9 Å². The fourth-order valence-electron chi connectivity index (χ4n) is 2.98. The number of esters is 3. The maximum atomic E-state index is 13.2. The summed E-state index contributed by atoms with van der Waals surface area (Å²) in [6.07, 6.45) is 3.00. The molecule has 0 aromatic carbocycles. The summed E-state index contributed by atoms with van der Waals surface area (Å²) < 4.78 is 17.2. The minimum atomic E-state index is -0.724. The number of hydrogen-bond acceptors (Lipinski definition) is 7. The molecule has 162 valence electrons. The molecule has 0 atom stereocenters. The molecule has 8 heteroatoms. The molecule has 0 N–H and O–H groups in total. The molecule has 0 saturated carbocycles. The van der Waals surface area contributed by atoms with Crippen LogP contribution in [0, 0.1) is 13.8 Å². The van der Waals surface area contributed by atoms with Gasteiger partial charge >= 0.3 is 17.9 Å². The molecule has 0 aliphatic rings. The van der Waals surface area contributed by atoms with Gasteiger partial charge in [-0.3, -0.25) is 0 Å². The quantitative estimate of drug-likeness (QED) is 0.288. The molecule has 0 amide bonds. The van der Waals surface area contributed by atoms with E-state index in [0.29, 0.717) is 10.4 Å². The van der Waals surface area contributed by atoms with Crippen molar-refractivity contribution in [3.05, 3.63) is 46.1 Å². The number of pyridine rings is 1. The third kappa shape index (κ3) is 5.24. The van der Waals surface area contributed by atoms with Gasteiger partial charge in [0.2, 0.25) is 0 Å². The zero-order valence-electron chi connectivity index (χ0n) is 18.3. The van der Waals surface area contributed by atoms with Gasteiger partial charge in [-0.15, -0.1) is 0 Å². The lowest BCUT2D eigenvalue weighted by molar-refractivity contribution is -0.134. The van der Waals surface area contributed by atoms with E-state index >= 15 is 0 Å². The molecular weight excluding hydrogens is 406 g/mol. The summed E-state index contributed by atoms with van der Waals surface area (Å²) in [4.78, 5) is 37.9. The highest BCUT2D eigenvalue weighted by atomic mass is 32.2. The van der Waals surface area contributed by atoms with E-state index < -0.39 is 23.5 Å². The molecule has 2 aromatic rings. The third-order valence-corrected chi connectivity index (χ3v) is 4.88. The van der Waals surface area contributed by atoms with Crippen LogP contribution < -0.4 is 0 Å². The molecule has 2 heterocycles. The Hall–Kier alpha value is -2.74. The fraction of sp³-hybridized carbons (Fsp3) is 0.409. The van der Waals surface area contributed by atoms with E-state index in [0.717, 1.165) is 22.9 Å². The third-order valence-electron chi connectivity index (χ3n) is 3.97. The summed E-state index contributed by atoms with van der Waals surface area (Å²) in [6, 6.07) is 1.93. The van der Waals surface area contributed by atoms with E-state index in [1.54, 1.807) is 38.3 Å². The first-order valence-corrected chi connectivity index (χ1v) is 10.3. The summed E-state index contributed by atoms with van der Waals surface area (Å²) in [5.41, 5.74) is 2.02. The highest BCUT2D eigenvalue weighted by molar-refractivity contribution is 8.02. The largest absolute Gasteiger partial charge is 0.466 e. The summed E-state index contributed by atoms with van der Waals surface area (Å²) in [5.74, 6) is -1.67. The van der Waals surface area contributed by atoms with Crippen LogP contribution in [0.2, 0.25) is 0 Å². The number of aryl methyl sites for hydroxylation is 2. The van der Waals surface area contributed by atoms with Gasteiger partial charge in [0.05, 0.1) is 24.1 Å². The predicted molar refractivity (Wildman–Crippen MR) is 115 cm³/mol. The van der Waals surface area contributed by atoms with Gasteiger partial charge in [0.25, 0.3) is 0 Å². The number of carbonyl (C=O) groups is 3. The second-order valence-corrected chi connectivity index (χ2v) is 8.55. The van der Waals surface area contributed by atoms with Crippen LogP contribution in [0.1, 0.15) is 59.7 Å². The smallest absolute Gasteiger partial charge is 0.356 e. The number of nitrogens with zero attached hydrogens (tertiary/aromatic N) is 1. The first-order chi connectivity index (χ1) is 14.0. The number of carbonyl (C=O) groups excluding carboxylic acids is 3. The second kappa shape index (κ2) is 9.38. The molecule has 2 aromatic heterocycles. The van der Waals surface area contributed by atoms with Crippen LogP contribution in [0.4, 0.5) is 0 Å². The number of thioether (sulfide) groups is 1. The van der Waals surface area contributed by atoms with Gasteiger partial charge in [-0.1, -0.05) is 17.8 Å². The predicted octanol–water partition coefficient (Wildman–Crippen LogP) is 4.47. The number of aromatic nitrogens is 1. The molecule has 0 fully saturated rings. The summed E-state index contributed by atoms with van der Waals surface area (Å²) >= 11 is 1.06. The zero-order chi connectivity index (χ0) is 22.6. The Kier molecular flexibility index (Phi) is 7.36.